The lowest BCUT2D eigenvalue weighted by atomic mass is 10.1. The molecule has 6 nitrogen and oxygen atoms in total. The van der Waals surface area contributed by atoms with E-state index in [-0.39, 0.29) is 16.7 Å². The first-order valence-electron chi connectivity index (χ1n) is 6.76. The predicted molar refractivity (Wildman–Crippen MR) is 76.1 cm³/mol. The second-order valence-corrected chi connectivity index (χ2v) is 5.23. The van der Waals surface area contributed by atoms with Gasteiger partial charge < -0.3 is 14.7 Å². The summed E-state index contributed by atoms with van der Waals surface area (Å²) in [5.41, 5.74) is 1.73. The van der Waals surface area contributed by atoms with Crippen LogP contribution in [0, 0.1) is 17.0 Å². The highest BCUT2D eigenvalue weighted by atomic mass is 16.6. The molecule has 0 radical (unpaired) electrons. The summed E-state index contributed by atoms with van der Waals surface area (Å²) >= 11 is 0. The van der Waals surface area contributed by atoms with Gasteiger partial charge in [-0.1, -0.05) is 0 Å². The fourth-order valence-electron chi connectivity index (χ4n) is 2.61. The lowest BCUT2D eigenvalue weighted by Crippen LogP contribution is -2.47. The van der Waals surface area contributed by atoms with E-state index in [2.05, 4.69) is 4.90 Å². The van der Waals surface area contributed by atoms with Crippen molar-refractivity contribution in [2.24, 2.45) is 0 Å². The third-order valence-electron chi connectivity index (χ3n) is 3.55. The van der Waals surface area contributed by atoms with Crippen LogP contribution in [0.5, 0.6) is 0 Å². The maximum Gasteiger partial charge on any atom is 0.272 e. The van der Waals surface area contributed by atoms with Crippen molar-refractivity contribution in [3.05, 3.63) is 33.9 Å². The molecule has 6 heteroatoms. The topological polar surface area (TPSA) is 75.8 Å². The van der Waals surface area contributed by atoms with Crippen LogP contribution in [0.2, 0.25) is 0 Å². The van der Waals surface area contributed by atoms with Crippen LogP contribution >= 0.6 is 0 Å². The van der Waals surface area contributed by atoms with Crippen molar-refractivity contribution >= 4 is 11.4 Å². The van der Waals surface area contributed by atoms with Crippen molar-refractivity contribution in [2.45, 2.75) is 32.4 Å². The lowest BCUT2D eigenvalue weighted by Gasteiger charge is -2.38. The van der Waals surface area contributed by atoms with E-state index in [4.69, 9.17) is 4.74 Å². The molecule has 0 saturated carbocycles. The van der Waals surface area contributed by atoms with E-state index in [0.29, 0.717) is 25.2 Å². The van der Waals surface area contributed by atoms with Gasteiger partial charge in [0.25, 0.3) is 5.69 Å². The van der Waals surface area contributed by atoms with Gasteiger partial charge in [-0.2, -0.15) is 0 Å². The number of aryl methyl sites for hydroxylation is 1. The van der Waals surface area contributed by atoms with E-state index in [1.165, 1.54) is 0 Å². The highest BCUT2D eigenvalue weighted by Gasteiger charge is 2.25. The molecule has 1 N–H and O–H groups in total. The number of aliphatic hydroxyl groups is 1. The van der Waals surface area contributed by atoms with Crippen LogP contribution in [0.4, 0.5) is 11.4 Å². The summed E-state index contributed by atoms with van der Waals surface area (Å²) < 4.78 is 5.47. The van der Waals surface area contributed by atoms with E-state index < -0.39 is 6.10 Å². The molecule has 0 amide bonds. The standard InChI is InChI=1S/C14H20N2O4/c1-10-7-12(3-4-14(10)16(18)19)15-5-6-20-9-13(15)8-11(2)17/h3-4,7,11,13,17H,5-6,8-9H2,1-2H3. The summed E-state index contributed by atoms with van der Waals surface area (Å²) in [5, 5.41) is 20.4. The maximum absolute atomic E-state index is 10.9. The molecule has 20 heavy (non-hydrogen) atoms. The van der Waals surface area contributed by atoms with E-state index in [1.54, 1.807) is 26.0 Å². The first-order valence-corrected chi connectivity index (χ1v) is 6.76. The normalized spacial score (nSPS) is 20.8. The minimum Gasteiger partial charge on any atom is -0.393 e. The Balaban J connectivity index is 2.23. The monoisotopic (exact) mass is 280 g/mol. The molecule has 1 aromatic carbocycles. The zero-order valence-electron chi connectivity index (χ0n) is 11.8. The third-order valence-corrected chi connectivity index (χ3v) is 3.55. The van der Waals surface area contributed by atoms with Gasteiger partial charge in [0.15, 0.2) is 0 Å². The first-order chi connectivity index (χ1) is 9.49. The molecule has 0 aromatic heterocycles. The summed E-state index contributed by atoms with van der Waals surface area (Å²) in [6, 6.07) is 5.24. The van der Waals surface area contributed by atoms with E-state index in [1.807, 2.05) is 6.07 Å². The number of rotatable bonds is 4. The fraction of sp³-hybridized carbons (Fsp3) is 0.571. The SMILES string of the molecule is Cc1cc(N2CCOCC2CC(C)O)ccc1[N+](=O)[O-]. The van der Waals surface area contributed by atoms with E-state index in [0.717, 1.165) is 12.2 Å². The highest BCUT2D eigenvalue weighted by Crippen LogP contribution is 2.27. The third kappa shape index (κ3) is 3.26. The maximum atomic E-state index is 10.9. The Bertz CT molecular complexity index is 490. The van der Waals surface area contributed by atoms with Crippen LogP contribution in [-0.4, -0.2) is 41.9 Å². The van der Waals surface area contributed by atoms with Crippen molar-refractivity contribution in [2.75, 3.05) is 24.7 Å². The number of hydrogen-bond acceptors (Lipinski definition) is 5. The van der Waals surface area contributed by atoms with Gasteiger partial charge >= 0.3 is 0 Å². The van der Waals surface area contributed by atoms with Crippen molar-refractivity contribution in [1.82, 2.24) is 0 Å². The van der Waals surface area contributed by atoms with Crippen molar-refractivity contribution in [3.63, 3.8) is 0 Å². The minimum atomic E-state index is -0.400. The molecule has 110 valence electrons. The number of anilines is 1. The minimum absolute atomic E-state index is 0.101. The molecule has 0 aliphatic carbocycles. The second-order valence-electron chi connectivity index (χ2n) is 5.23. The summed E-state index contributed by atoms with van der Waals surface area (Å²) in [4.78, 5) is 12.6. The molecule has 2 atom stereocenters. The van der Waals surface area contributed by atoms with Gasteiger partial charge in [0, 0.05) is 23.9 Å². The number of morpholine rings is 1. The molecule has 1 heterocycles. The van der Waals surface area contributed by atoms with Gasteiger partial charge in [-0.3, -0.25) is 10.1 Å². The Hall–Kier alpha value is -1.66. The number of hydrogen-bond donors (Lipinski definition) is 1. The number of nitro benzene ring substituents is 1. The Morgan fingerprint density at radius 2 is 2.35 bits per heavy atom. The quantitative estimate of drug-likeness (QED) is 0.673. The van der Waals surface area contributed by atoms with Crippen molar-refractivity contribution in [3.8, 4) is 0 Å². The molecule has 0 bridgehead atoms. The van der Waals surface area contributed by atoms with Crippen LogP contribution < -0.4 is 4.90 Å². The van der Waals surface area contributed by atoms with Gasteiger partial charge in [-0.25, -0.2) is 0 Å². The number of nitrogens with zero attached hydrogens (tertiary/aromatic N) is 2. The Morgan fingerprint density at radius 3 is 2.95 bits per heavy atom. The molecule has 1 saturated heterocycles. The van der Waals surface area contributed by atoms with Crippen LogP contribution in [0.3, 0.4) is 0 Å². The number of ether oxygens (including phenoxy) is 1. The van der Waals surface area contributed by atoms with Gasteiger partial charge in [0.05, 0.1) is 30.3 Å². The average Bonchev–Trinajstić information content (AvgIpc) is 2.38. The zero-order valence-corrected chi connectivity index (χ0v) is 11.8. The fourth-order valence-corrected chi connectivity index (χ4v) is 2.61. The number of aliphatic hydroxyl groups excluding tert-OH is 1. The van der Waals surface area contributed by atoms with E-state index >= 15 is 0 Å². The zero-order chi connectivity index (χ0) is 14.7. The van der Waals surface area contributed by atoms with Gasteiger partial charge in [0.1, 0.15) is 0 Å². The lowest BCUT2D eigenvalue weighted by molar-refractivity contribution is -0.385. The Morgan fingerprint density at radius 1 is 1.60 bits per heavy atom. The largest absolute Gasteiger partial charge is 0.393 e. The smallest absolute Gasteiger partial charge is 0.272 e. The molecule has 0 spiro atoms. The van der Waals surface area contributed by atoms with Crippen LogP contribution in [0.15, 0.2) is 18.2 Å². The first kappa shape index (κ1) is 14.7. The number of nitro groups is 1. The molecule has 1 fully saturated rings. The predicted octanol–water partition coefficient (Wildman–Crippen LogP) is 1.88. The van der Waals surface area contributed by atoms with E-state index in [9.17, 15) is 15.2 Å². The molecular formula is C14H20N2O4. The summed E-state index contributed by atoms with van der Waals surface area (Å²) in [6.07, 6.45) is 0.221. The van der Waals surface area contributed by atoms with Crippen LogP contribution in [-0.2, 0) is 4.74 Å². The van der Waals surface area contributed by atoms with Crippen molar-refractivity contribution < 1.29 is 14.8 Å². The molecule has 1 aromatic rings. The molecule has 2 rings (SSSR count). The van der Waals surface area contributed by atoms with Gasteiger partial charge in [-0.15, -0.1) is 0 Å². The summed E-state index contributed by atoms with van der Waals surface area (Å²) in [7, 11) is 0. The Kier molecular flexibility index (Phi) is 4.57. The molecule has 1 aliphatic heterocycles. The summed E-state index contributed by atoms with van der Waals surface area (Å²) in [5.74, 6) is 0. The molecular weight excluding hydrogens is 260 g/mol. The van der Waals surface area contributed by atoms with Crippen molar-refractivity contribution in [1.29, 1.82) is 0 Å². The van der Waals surface area contributed by atoms with Gasteiger partial charge in [0.2, 0.25) is 0 Å². The van der Waals surface area contributed by atoms with Crippen LogP contribution in [0.1, 0.15) is 18.9 Å². The van der Waals surface area contributed by atoms with Crippen LogP contribution in [0.25, 0.3) is 0 Å². The average molecular weight is 280 g/mol. The second kappa shape index (κ2) is 6.19. The molecule has 2 unspecified atom stereocenters. The summed E-state index contributed by atoms with van der Waals surface area (Å²) in [6.45, 7) is 5.43. The molecule has 1 aliphatic rings. The highest BCUT2D eigenvalue weighted by molar-refractivity contribution is 5.56. The van der Waals surface area contributed by atoms with Gasteiger partial charge in [-0.05, 0) is 32.4 Å². The Labute approximate surface area is 118 Å². The number of benzene rings is 1.